The molecule has 1 aromatic heterocycles. The summed E-state index contributed by atoms with van der Waals surface area (Å²) in [5.74, 6) is 0.827. The van der Waals surface area contributed by atoms with Crippen molar-refractivity contribution in [1.29, 1.82) is 0 Å². The molecule has 0 aliphatic carbocycles. The molecule has 0 spiro atoms. The highest BCUT2D eigenvalue weighted by Gasteiger charge is 2.02. The standard InChI is InChI=1S/C18H25Cl2N5/c1-21-18(22-9-3-5-14-12-24-25(2)13-14)23-10-4-6-15-7-8-16(19)11-17(15)20/h7-8,11-13H,3-6,9-10H2,1-2H3,(H2,21,22,23). The van der Waals surface area contributed by atoms with Gasteiger partial charge in [-0.1, -0.05) is 29.3 Å². The molecule has 5 nitrogen and oxygen atoms in total. The highest BCUT2D eigenvalue weighted by Crippen LogP contribution is 2.21. The summed E-state index contributed by atoms with van der Waals surface area (Å²) >= 11 is 12.1. The number of aromatic nitrogens is 2. The summed E-state index contributed by atoms with van der Waals surface area (Å²) in [6, 6.07) is 5.64. The van der Waals surface area contributed by atoms with Crippen LogP contribution in [0.5, 0.6) is 0 Å². The average Bonchev–Trinajstić information content (AvgIpc) is 3.00. The van der Waals surface area contributed by atoms with E-state index in [0.717, 1.165) is 55.3 Å². The number of rotatable bonds is 8. The second kappa shape index (κ2) is 10.3. The third-order valence-corrected chi connectivity index (χ3v) is 4.43. The molecule has 0 saturated heterocycles. The highest BCUT2D eigenvalue weighted by atomic mass is 35.5. The Balaban J connectivity index is 1.61. The van der Waals surface area contributed by atoms with E-state index in [9.17, 15) is 0 Å². The van der Waals surface area contributed by atoms with Crippen LogP contribution in [-0.4, -0.2) is 35.9 Å². The third kappa shape index (κ3) is 6.96. The minimum Gasteiger partial charge on any atom is -0.356 e. The molecule has 0 atom stereocenters. The van der Waals surface area contributed by atoms with Crippen molar-refractivity contribution in [3.63, 3.8) is 0 Å². The molecule has 0 saturated carbocycles. The van der Waals surface area contributed by atoms with Crippen molar-refractivity contribution < 1.29 is 0 Å². The van der Waals surface area contributed by atoms with Gasteiger partial charge >= 0.3 is 0 Å². The number of aryl methyl sites for hydroxylation is 3. The van der Waals surface area contributed by atoms with Gasteiger partial charge in [0.25, 0.3) is 0 Å². The van der Waals surface area contributed by atoms with Gasteiger partial charge in [-0.05, 0) is 48.9 Å². The fourth-order valence-corrected chi connectivity index (χ4v) is 3.03. The Bertz CT molecular complexity index is 697. The number of nitrogens with zero attached hydrogens (tertiary/aromatic N) is 3. The van der Waals surface area contributed by atoms with Crippen molar-refractivity contribution in [2.45, 2.75) is 25.7 Å². The predicted octanol–water partition coefficient (Wildman–Crippen LogP) is 3.46. The van der Waals surface area contributed by atoms with E-state index in [1.54, 1.807) is 13.1 Å². The molecule has 1 heterocycles. The molecule has 25 heavy (non-hydrogen) atoms. The second-order valence-electron chi connectivity index (χ2n) is 5.89. The van der Waals surface area contributed by atoms with Gasteiger partial charge < -0.3 is 10.6 Å². The number of halogens is 2. The van der Waals surface area contributed by atoms with E-state index < -0.39 is 0 Å². The zero-order valence-corrected chi connectivity index (χ0v) is 16.2. The maximum atomic E-state index is 6.19. The molecular weight excluding hydrogens is 357 g/mol. The van der Waals surface area contributed by atoms with E-state index in [0.29, 0.717) is 5.02 Å². The summed E-state index contributed by atoms with van der Waals surface area (Å²) in [6.07, 6.45) is 7.88. The molecule has 2 aromatic rings. The van der Waals surface area contributed by atoms with Gasteiger partial charge in [-0.15, -0.1) is 0 Å². The van der Waals surface area contributed by atoms with E-state index in [1.165, 1.54) is 5.56 Å². The van der Waals surface area contributed by atoms with Crippen LogP contribution in [0.15, 0.2) is 35.6 Å². The maximum Gasteiger partial charge on any atom is 0.190 e. The Kier molecular flexibility index (Phi) is 8.09. The van der Waals surface area contributed by atoms with Gasteiger partial charge in [0, 0.05) is 43.4 Å². The van der Waals surface area contributed by atoms with Crippen LogP contribution in [0.2, 0.25) is 10.0 Å². The van der Waals surface area contributed by atoms with Crippen LogP contribution < -0.4 is 10.6 Å². The summed E-state index contributed by atoms with van der Waals surface area (Å²) in [5, 5.41) is 12.2. The van der Waals surface area contributed by atoms with E-state index in [1.807, 2.05) is 30.1 Å². The zero-order chi connectivity index (χ0) is 18.1. The van der Waals surface area contributed by atoms with Crippen LogP contribution in [0.1, 0.15) is 24.0 Å². The lowest BCUT2D eigenvalue weighted by Crippen LogP contribution is -2.38. The molecule has 2 rings (SSSR count). The SMILES string of the molecule is CN=C(NCCCc1cnn(C)c1)NCCCc1ccc(Cl)cc1Cl. The molecule has 7 heteroatoms. The lowest BCUT2D eigenvalue weighted by molar-refractivity contribution is 0.717. The van der Waals surface area contributed by atoms with E-state index in [2.05, 4.69) is 26.9 Å². The fraction of sp³-hybridized carbons (Fsp3) is 0.444. The minimum atomic E-state index is 0.669. The Morgan fingerprint density at radius 1 is 1.16 bits per heavy atom. The molecular formula is C18H25Cl2N5. The molecule has 0 unspecified atom stereocenters. The lowest BCUT2D eigenvalue weighted by Gasteiger charge is -2.12. The van der Waals surface area contributed by atoms with Crippen LogP contribution >= 0.6 is 23.2 Å². The van der Waals surface area contributed by atoms with Crippen molar-refractivity contribution >= 4 is 29.2 Å². The van der Waals surface area contributed by atoms with Crippen molar-refractivity contribution in [1.82, 2.24) is 20.4 Å². The largest absolute Gasteiger partial charge is 0.356 e. The van der Waals surface area contributed by atoms with Crippen LogP contribution in [0.4, 0.5) is 0 Å². The van der Waals surface area contributed by atoms with E-state index >= 15 is 0 Å². The molecule has 136 valence electrons. The van der Waals surface area contributed by atoms with Crippen LogP contribution in [0, 0.1) is 0 Å². The topological polar surface area (TPSA) is 54.2 Å². The first-order valence-electron chi connectivity index (χ1n) is 8.44. The molecule has 0 fully saturated rings. The van der Waals surface area contributed by atoms with Crippen LogP contribution in [0.3, 0.4) is 0 Å². The summed E-state index contributed by atoms with van der Waals surface area (Å²) in [4.78, 5) is 4.24. The smallest absolute Gasteiger partial charge is 0.190 e. The third-order valence-electron chi connectivity index (χ3n) is 3.85. The zero-order valence-electron chi connectivity index (χ0n) is 14.7. The Hall–Kier alpha value is -1.72. The molecule has 0 bridgehead atoms. The quantitative estimate of drug-likeness (QED) is 0.418. The molecule has 0 aliphatic heterocycles. The first-order valence-corrected chi connectivity index (χ1v) is 9.20. The fourth-order valence-electron chi connectivity index (χ4n) is 2.53. The Morgan fingerprint density at radius 2 is 1.88 bits per heavy atom. The highest BCUT2D eigenvalue weighted by molar-refractivity contribution is 6.35. The molecule has 0 aliphatic rings. The number of aliphatic imine (C=N–C) groups is 1. The second-order valence-corrected chi connectivity index (χ2v) is 6.73. The Morgan fingerprint density at radius 3 is 2.48 bits per heavy atom. The number of benzene rings is 1. The Labute approximate surface area is 159 Å². The van der Waals surface area contributed by atoms with Crippen molar-refractivity contribution in [2.24, 2.45) is 12.0 Å². The minimum absolute atomic E-state index is 0.669. The average molecular weight is 382 g/mol. The number of hydrogen-bond acceptors (Lipinski definition) is 2. The van der Waals surface area contributed by atoms with Gasteiger partial charge in [-0.2, -0.15) is 5.10 Å². The van der Waals surface area contributed by atoms with Gasteiger partial charge in [-0.25, -0.2) is 0 Å². The van der Waals surface area contributed by atoms with Gasteiger partial charge in [0.1, 0.15) is 0 Å². The van der Waals surface area contributed by atoms with Gasteiger partial charge in [0.15, 0.2) is 5.96 Å². The molecule has 1 aromatic carbocycles. The molecule has 2 N–H and O–H groups in total. The number of nitrogens with one attached hydrogen (secondary N) is 2. The van der Waals surface area contributed by atoms with E-state index in [-0.39, 0.29) is 0 Å². The number of hydrogen-bond donors (Lipinski definition) is 2. The summed E-state index contributed by atoms with van der Waals surface area (Å²) in [6.45, 7) is 1.71. The van der Waals surface area contributed by atoms with Gasteiger partial charge in [-0.3, -0.25) is 9.67 Å². The first-order chi connectivity index (χ1) is 12.1. The summed E-state index contributed by atoms with van der Waals surface area (Å²) in [7, 11) is 3.72. The van der Waals surface area contributed by atoms with Crippen LogP contribution in [-0.2, 0) is 19.9 Å². The summed E-state index contributed by atoms with van der Waals surface area (Å²) < 4.78 is 1.83. The molecule has 0 amide bonds. The normalized spacial score (nSPS) is 11.6. The van der Waals surface area contributed by atoms with Gasteiger partial charge in [0.2, 0.25) is 0 Å². The van der Waals surface area contributed by atoms with Crippen LogP contribution in [0.25, 0.3) is 0 Å². The van der Waals surface area contributed by atoms with E-state index in [4.69, 9.17) is 23.2 Å². The number of guanidine groups is 1. The predicted molar refractivity (Wildman–Crippen MR) is 106 cm³/mol. The van der Waals surface area contributed by atoms with Crippen molar-refractivity contribution in [2.75, 3.05) is 20.1 Å². The molecule has 0 radical (unpaired) electrons. The van der Waals surface area contributed by atoms with Crippen molar-refractivity contribution in [3.8, 4) is 0 Å². The van der Waals surface area contributed by atoms with Crippen molar-refractivity contribution in [3.05, 3.63) is 51.8 Å². The first kappa shape index (κ1) is 19.6. The maximum absolute atomic E-state index is 6.19. The lowest BCUT2D eigenvalue weighted by atomic mass is 10.1. The summed E-state index contributed by atoms with van der Waals surface area (Å²) in [5.41, 5.74) is 2.37. The van der Waals surface area contributed by atoms with Gasteiger partial charge in [0.05, 0.1) is 6.20 Å². The monoisotopic (exact) mass is 381 g/mol.